The van der Waals surface area contributed by atoms with Crippen LogP contribution in [0.3, 0.4) is 0 Å². The van der Waals surface area contributed by atoms with Gasteiger partial charge in [-0.3, -0.25) is 9.69 Å². The summed E-state index contributed by atoms with van der Waals surface area (Å²) in [5, 5.41) is 0. The number of likely N-dealkylation sites (tertiary alicyclic amines) is 1. The van der Waals surface area contributed by atoms with Crippen molar-refractivity contribution in [3.8, 4) is 0 Å². The molecule has 1 aliphatic rings. The average molecular weight is 201 g/mol. The molecule has 0 amide bonds. The molecule has 1 aliphatic heterocycles. The van der Waals surface area contributed by atoms with Crippen LogP contribution in [0, 0.1) is 0 Å². The summed E-state index contributed by atoms with van der Waals surface area (Å²) in [6.07, 6.45) is -0.696. The van der Waals surface area contributed by atoms with Gasteiger partial charge in [0.25, 0.3) is 0 Å². The Morgan fingerprint density at radius 1 is 1.71 bits per heavy atom. The number of halogens is 1. The predicted octanol–water partition coefficient (Wildman–Crippen LogP) is 1.15. The van der Waals surface area contributed by atoms with Crippen molar-refractivity contribution in [1.82, 2.24) is 4.90 Å². The van der Waals surface area contributed by atoms with Crippen LogP contribution in [0.5, 0.6) is 0 Å². The Labute approximate surface area is 83.5 Å². The molecule has 2 atom stereocenters. The van der Waals surface area contributed by atoms with E-state index in [2.05, 4.69) is 11.3 Å². The second kappa shape index (κ2) is 4.55. The Hall–Kier alpha value is -0.900. The highest BCUT2D eigenvalue weighted by molar-refractivity contribution is 5.76. The molecule has 0 N–H and O–H groups in total. The van der Waals surface area contributed by atoms with Crippen LogP contribution in [-0.2, 0) is 9.53 Å². The van der Waals surface area contributed by atoms with Gasteiger partial charge in [-0.2, -0.15) is 0 Å². The van der Waals surface area contributed by atoms with Gasteiger partial charge in [0, 0.05) is 19.5 Å². The topological polar surface area (TPSA) is 29.5 Å². The fraction of sp³-hybridized carbons (Fsp3) is 0.700. The van der Waals surface area contributed by atoms with Gasteiger partial charge in [-0.05, 0) is 6.92 Å². The molecule has 4 heteroatoms. The van der Waals surface area contributed by atoms with Gasteiger partial charge in [0.1, 0.15) is 12.2 Å². The largest absolute Gasteiger partial charge is 0.468 e. The molecule has 0 bridgehead atoms. The molecular formula is C10H16FNO2. The predicted molar refractivity (Wildman–Crippen MR) is 51.7 cm³/mol. The van der Waals surface area contributed by atoms with E-state index >= 15 is 0 Å². The third-order valence-electron chi connectivity index (χ3n) is 2.30. The van der Waals surface area contributed by atoms with Crippen molar-refractivity contribution in [2.45, 2.75) is 25.6 Å². The van der Waals surface area contributed by atoms with E-state index in [0.29, 0.717) is 13.1 Å². The molecule has 1 rings (SSSR count). The molecule has 0 radical (unpaired) electrons. The van der Waals surface area contributed by atoms with Gasteiger partial charge in [-0.25, -0.2) is 4.39 Å². The van der Waals surface area contributed by atoms with E-state index in [1.54, 1.807) is 4.90 Å². The van der Waals surface area contributed by atoms with Gasteiger partial charge in [0.05, 0.1) is 7.11 Å². The van der Waals surface area contributed by atoms with E-state index in [-0.39, 0.29) is 12.4 Å². The van der Waals surface area contributed by atoms with Crippen molar-refractivity contribution in [1.29, 1.82) is 0 Å². The summed E-state index contributed by atoms with van der Waals surface area (Å²) in [5.41, 5.74) is 0.924. The van der Waals surface area contributed by atoms with Crippen LogP contribution in [-0.4, -0.2) is 43.3 Å². The summed E-state index contributed by atoms with van der Waals surface area (Å²) in [7, 11) is 1.33. The molecule has 1 fully saturated rings. The van der Waals surface area contributed by atoms with E-state index in [0.717, 1.165) is 5.57 Å². The van der Waals surface area contributed by atoms with E-state index in [1.807, 2.05) is 6.92 Å². The molecule has 14 heavy (non-hydrogen) atoms. The summed E-state index contributed by atoms with van der Waals surface area (Å²) in [4.78, 5) is 13.1. The fourth-order valence-corrected chi connectivity index (χ4v) is 1.75. The highest BCUT2D eigenvalue weighted by Crippen LogP contribution is 2.21. The normalized spacial score (nSPS) is 27.6. The van der Waals surface area contributed by atoms with Crippen molar-refractivity contribution < 1.29 is 13.9 Å². The molecule has 80 valence electrons. The molecule has 2 unspecified atom stereocenters. The SMILES string of the molecule is C=C(C)CN1CC(F)CC1C(=O)OC. The molecule has 1 heterocycles. The fourth-order valence-electron chi connectivity index (χ4n) is 1.75. The van der Waals surface area contributed by atoms with E-state index in [9.17, 15) is 9.18 Å². The lowest BCUT2D eigenvalue weighted by molar-refractivity contribution is -0.145. The highest BCUT2D eigenvalue weighted by atomic mass is 19.1. The van der Waals surface area contributed by atoms with Gasteiger partial charge < -0.3 is 4.74 Å². The Morgan fingerprint density at radius 2 is 2.36 bits per heavy atom. The molecule has 0 aliphatic carbocycles. The Kier molecular flexibility index (Phi) is 3.63. The summed E-state index contributed by atoms with van der Waals surface area (Å²) >= 11 is 0. The van der Waals surface area contributed by atoms with Crippen molar-refractivity contribution in [3.05, 3.63) is 12.2 Å². The minimum atomic E-state index is -0.932. The van der Waals surface area contributed by atoms with Crippen LogP contribution in [0.1, 0.15) is 13.3 Å². The van der Waals surface area contributed by atoms with Gasteiger partial charge in [0.15, 0.2) is 0 Å². The monoisotopic (exact) mass is 201 g/mol. The summed E-state index contributed by atoms with van der Waals surface area (Å²) < 4.78 is 17.7. The zero-order valence-corrected chi connectivity index (χ0v) is 8.62. The number of esters is 1. The molecule has 0 saturated carbocycles. The standard InChI is InChI=1S/C10H16FNO2/c1-7(2)5-12-6-8(11)4-9(12)10(13)14-3/h8-9H,1,4-6H2,2-3H3. The number of nitrogens with zero attached hydrogens (tertiary/aromatic N) is 1. The van der Waals surface area contributed by atoms with Crippen molar-refractivity contribution in [2.75, 3.05) is 20.2 Å². The Morgan fingerprint density at radius 3 is 2.86 bits per heavy atom. The van der Waals surface area contributed by atoms with Gasteiger partial charge in [0.2, 0.25) is 0 Å². The number of carbonyl (C=O) groups is 1. The van der Waals surface area contributed by atoms with Crippen LogP contribution in [0.15, 0.2) is 12.2 Å². The first-order chi connectivity index (χ1) is 6.54. The minimum absolute atomic E-state index is 0.236. The van der Waals surface area contributed by atoms with Crippen molar-refractivity contribution in [3.63, 3.8) is 0 Å². The van der Waals surface area contributed by atoms with Crippen LogP contribution < -0.4 is 0 Å². The van der Waals surface area contributed by atoms with Crippen molar-refractivity contribution >= 4 is 5.97 Å². The maximum atomic E-state index is 13.1. The van der Waals surface area contributed by atoms with Crippen molar-refractivity contribution in [2.24, 2.45) is 0 Å². The smallest absolute Gasteiger partial charge is 0.323 e. The number of ether oxygens (including phenoxy) is 1. The lowest BCUT2D eigenvalue weighted by Crippen LogP contribution is -2.37. The van der Waals surface area contributed by atoms with E-state index < -0.39 is 12.2 Å². The molecule has 0 aromatic rings. The number of hydrogen-bond acceptors (Lipinski definition) is 3. The molecule has 3 nitrogen and oxygen atoms in total. The molecule has 0 spiro atoms. The zero-order valence-electron chi connectivity index (χ0n) is 8.62. The van der Waals surface area contributed by atoms with E-state index in [4.69, 9.17) is 0 Å². The Balaban J connectivity index is 2.62. The highest BCUT2D eigenvalue weighted by Gasteiger charge is 2.37. The summed E-state index contributed by atoms with van der Waals surface area (Å²) in [5.74, 6) is -0.355. The summed E-state index contributed by atoms with van der Waals surface area (Å²) in [6, 6.07) is -0.438. The number of methoxy groups -OCH3 is 1. The number of hydrogen-bond donors (Lipinski definition) is 0. The number of carbonyl (C=O) groups excluding carboxylic acids is 1. The number of alkyl halides is 1. The Bertz CT molecular complexity index is 242. The van der Waals surface area contributed by atoms with Gasteiger partial charge in [-0.15, -0.1) is 0 Å². The van der Waals surface area contributed by atoms with Crippen LogP contribution in [0.25, 0.3) is 0 Å². The van der Waals surface area contributed by atoms with Gasteiger partial charge >= 0.3 is 5.97 Å². The minimum Gasteiger partial charge on any atom is -0.468 e. The first-order valence-corrected chi connectivity index (χ1v) is 4.65. The quantitative estimate of drug-likeness (QED) is 0.506. The van der Waals surface area contributed by atoms with E-state index in [1.165, 1.54) is 7.11 Å². The third-order valence-corrected chi connectivity index (χ3v) is 2.30. The zero-order chi connectivity index (χ0) is 10.7. The lowest BCUT2D eigenvalue weighted by atomic mass is 10.2. The van der Waals surface area contributed by atoms with Crippen LogP contribution in [0.2, 0.25) is 0 Å². The molecule has 0 aromatic heterocycles. The maximum Gasteiger partial charge on any atom is 0.323 e. The van der Waals surface area contributed by atoms with Gasteiger partial charge in [-0.1, -0.05) is 12.2 Å². The third kappa shape index (κ3) is 2.54. The number of rotatable bonds is 3. The van der Waals surface area contributed by atoms with Crippen LogP contribution >= 0.6 is 0 Å². The molecular weight excluding hydrogens is 185 g/mol. The molecule has 0 aromatic carbocycles. The van der Waals surface area contributed by atoms with Crippen LogP contribution in [0.4, 0.5) is 4.39 Å². The summed E-state index contributed by atoms with van der Waals surface area (Å²) in [6.45, 7) is 6.46. The first-order valence-electron chi connectivity index (χ1n) is 4.65. The first kappa shape index (κ1) is 11.2. The lowest BCUT2D eigenvalue weighted by Gasteiger charge is -2.21. The molecule has 1 saturated heterocycles. The second-order valence-electron chi connectivity index (χ2n) is 3.76. The average Bonchev–Trinajstić information content (AvgIpc) is 2.44. The maximum absolute atomic E-state index is 13.1. The second-order valence-corrected chi connectivity index (χ2v) is 3.76.